The minimum Gasteiger partial charge on any atom is -0.485 e. The van der Waals surface area contributed by atoms with Crippen molar-refractivity contribution in [3.05, 3.63) is 23.2 Å². The smallest absolute Gasteiger partial charge is 0.228 e. The quantitative estimate of drug-likeness (QED) is 0.737. The lowest BCUT2D eigenvalue weighted by Gasteiger charge is -2.23. The van der Waals surface area contributed by atoms with Crippen LogP contribution in [-0.4, -0.2) is 11.5 Å². The molecule has 1 N–H and O–H groups in total. The first kappa shape index (κ1) is 10.3. The lowest BCUT2D eigenvalue weighted by atomic mass is 10.1. The van der Waals surface area contributed by atoms with Crippen molar-refractivity contribution in [1.82, 2.24) is 0 Å². The number of hydrogen-bond donors (Lipinski definition) is 1. The fourth-order valence-electron chi connectivity index (χ4n) is 1.60. The first-order valence-electron chi connectivity index (χ1n) is 4.75. The van der Waals surface area contributed by atoms with E-state index in [1.807, 2.05) is 13.8 Å². The van der Waals surface area contributed by atoms with Crippen LogP contribution in [0.4, 0.5) is 5.69 Å². The molecule has 1 aromatic carbocycles. The van der Waals surface area contributed by atoms with Gasteiger partial charge in [0.15, 0.2) is 0 Å². The van der Waals surface area contributed by atoms with Crippen LogP contribution in [0.25, 0.3) is 0 Å². The third kappa shape index (κ3) is 2.23. The first-order chi connectivity index (χ1) is 6.96. The van der Waals surface area contributed by atoms with Crippen molar-refractivity contribution in [3.63, 3.8) is 0 Å². The summed E-state index contributed by atoms with van der Waals surface area (Å²) in [6, 6.07) is 5.18. The van der Waals surface area contributed by atoms with Gasteiger partial charge in [-0.25, -0.2) is 0 Å². The maximum atomic E-state index is 11.5. The van der Waals surface area contributed by atoms with Gasteiger partial charge >= 0.3 is 0 Å². The van der Waals surface area contributed by atoms with Crippen LogP contribution in [0.3, 0.4) is 0 Å². The predicted molar refractivity (Wildman–Crippen MR) is 59.4 cm³/mol. The fourth-order valence-corrected chi connectivity index (χ4v) is 1.76. The van der Waals surface area contributed by atoms with Crippen LogP contribution in [0.5, 0.6) is 5.75 Å². The summed E-state index contributed by atoms with van der Waals surface area (Å²) >= 11 is 5.87. The summed E-state index contributed by atoms with van der Waals surface area (Å²) in [5.74, 6) is 0.583. The molecule has 0 unspecified atom stereocenters. The van der Waals surface area contributed by atoms with E-state index in [0.717, 1.165) is 0 Å². The molecular formula is C11H12ClNO2. The number of halogens is 1. The first-order valence-corrected chi connectivity index (χ1v) is 5.12. The number of carbonyl (C=O) groups excluding carboxylic acids is 1. The van der Waals surface area contributed by atoms with E-state index in [1.165, 1.54) is 0 Å². The molecule has 1 aliphatic heterocycles. The molecule has 0 spiro atoms. The van der Waals surface area contributed by atoms with Gasteiger partial charge in [-0.3, -0.25) is 4.79 Å². The molecular weight excluding hydrogens is 214 g/mol. The Kier molecular flexibility index (Phi) is 2.35. The molecule has 1 amide bonds. The molecule has 0 saturated heterocycles. The maximum Gasteiger partial charge on any atom is 0.228 e. The molecule has 3 nitrogen and oxygen atoms in total. The molecule has 0 aliphatic carbocycles. The van der Waals surface area contributed by atoms with E-state index in [4.69, 9.17) is 16.3 Å². The predicted octanol–water partition coefficient (Wildman–Crippen LogP) is 2.84. The highest BCUT2D eigenvalue weighted by Crippen LogP contribution is 2.34. The highest BCUT2D eigenvalue weighted by molar-refractivity contribution is 6.30. The van der Waals surface area contributed by atoms with Gasteiger partial charge in [0.25, 0.3) is 0 Å². The summed E-state index contributed by atoms with van der Waals surface area (Å²) in [6.45, 7) is 3.76. The number of nitrogens with one attached hydrogen (secondary N) is 1. The molecule has 0 bridgehead atoms. The maximum absolute atomic E-state index is 11.5. The monoisotopic (exact) mass is 225 g/mol. The Bertz CT molecular complexity index is 415. The Morgan fingerprint density at radius 3 is 2.93 bits per heavy atom. The lowest BCUT2D eigenvalue weighted by Crippen LogP contribution is -2.30. The van der Waals surface area contributed by atoms with Gasteiger partial charge in [0.05, 0.1) is 12.1 Å². The minimum absolute atomic E-state index is 0.0407. The van der Waals surface area contributed by atoms with Crippen molar-refractivity contribution in [2.75, 3.05) is 5.32 Å². The molecule has 1 heterocycles. The molecule has 0 saturated carbocycles. The zero-order valence-electron chi connectivity index (χ0n) is 8.63. The van der Waals surface area contributed by atoms with E-state index in [9.17, 15) is 4.79 Å². The molecule has 80 valence electrons. The van der Waals surface area contributed by atoms with Crippen LogP contribution < -0.4 is 10.1 Å². The molecule has 2 rings (SSSR count). The van der Waals surface area contributed by atoms with Gasteiger partial charge in [-0.2, -0.15) is 0 Å². The number of fused-ring (bicyclic) bond motifs is 1. The zero-order chi connectivity index (χ0) is 11.1. The summed E-state index contributed by atoms with van der Waals surface area (Å²) < 4.78 is 5.73. The van der Waals surface area contributed by atoms with Crippen molar-refractivity contribution in [2.45, 2.75) is 25.9 Å². The number of rotatable bonds is 0. The molecule has 1 aromatic rings. The third-order valence-corrected chi connectivity index (χ3v) is 2.43. The van der Waals surface area contributed by atoms with Crippen LogP contribution >= 0.6 is 11.6 Å². The number of amides is 1. The van der Waals surface area contributed by atoms with Gasteiger partial charge < -0.3 is 10.1 Å². The van der Waals surface area contributed by atoms with Crippen LogP contribution in [0.2, 0.25) is 5.02 Å². The van der Waals surface area contributed by atoms with Crippen molar-refractivity contribution in [3.8, 4) is 5.75 Å². The molecule has 4 heteroatoms. The number of ether oxygens (including phenoxy) is 1. The second-order valence-electron chi connectivity index (χ2n) is 4.23. The highest BCUT2D eigenvalue weighted by Gasteiger charge is 2.28. The van der Waals surface area contributed by atoms with Gasteiger partial charge in [-0.15, -0.1) is 0 Å². The van der Waals surface area contributed by atoms with Crippen molar-refractivity contribution < 1.29 is 9.53 Å². The van der Waals surface area contributed by atoms with Crippen LogP contribution in [0, 0.1) is 0 Å². The van der Waals surface area contributed by atoms with Gasteiger partial charge in [0.2, 0.25) is 5.91 Å². The highest BCUT2D eigenvalue weighted by atomic mass is 35.5. The number of carbonyl (C=O) groups is 1. The average molecular weight is 226 g/mol. The standard InChI is InChI=1S/C11H12ClNO2/c1-11(2)6-10(14)13-8-4-3-7(12)5-9(8)15-11/h3-5H,6H2,1-2H3,(H,13,14). The summed E-state index contributed by atoms with van der Waals surface area (Å²) in [5.41, 5.74) is 0.176. The van der Waals surface area contributed by atoms with E-state index in [-0.39, 0.29) is 5.91 Å². The van der Waals surface area contributed by atoms with Crippen LogP contribution in [-0.2, 0) is 4.79 Å². The Labute approximate surface area is 93.4 Å². The van der Waals surface area contributed by atoms with Crippen LogP contribution in [0.1, 0.15) is 20.3 Å². The second kappa shape index (κ2) is 3.42. The van der Waals surface area contributed by atoms with E-state index < -0.39 is 5.60 Å². The Morgan fingerprint density at radius 2 is 2.20 bits per heavy atom. The molecule has 0 fully saturated rings. The normalized spacial score (nSPS) is 18.5. The van der Waals surface area contributed by atoms with E-state index in [1.54, 1.807) is 18.2 Å². The lowest BCUT2D eigenvalue weighted by molar-refractivity contribution is -0.118. The van der Waals surface area contributed by atoms with Crippen molar-refractivity contribution in [2.24, 2.45) is 0 Å². The Balaban J connectivity index is 2.45. The van der Waals surface area contributed by atoms with E-state index >= 15 is 0 Å². The van der Waals surface area contributed by atoms with Gasteiger partial charge in [-0.05, 0) is 26.0 Å². The zero-order valence-corrected chi connectivity index (χ0v) is 9.39. The molecule has 0 atom stereocenters. The second-order valence-corrected chi connectivity index (χ2v) is 4.66. The number of hydrogen-bond acceptors (Lipinski definition) is 2. The van der Waals surface area contributed by atoms with Gasteiger partial charge in [0, 0.05) is 11.1 Å². The van der Waals surface area contributed by atoms with Gasteiger partial charge in [0.1, 0.15) is 11.4 Å². The van der Waals surface area contributed by atoms with Gasteiger partial charge in [-0.1, -0.05) is 11.6 Å². The SMILES string of the molecule is CC1(C)CC(=O)Nc2ccc(Cl)cc2O1. The Morgan fingerprint density at radius 1 is 1.47 bits per heavy atom. The minimum atomic E-state index is -0.500. The van der Waals surface area contributed by atoms with E-state index in [2.05, 4.69) is 5.32 Å². The van der Waals surface area contributed by atoms with Crippen LogP contribution in [0.15, 0.2) is 18.2 Å². The van der Waals surface area contributed by atoms with Crippen molar-refractivity contribution in [1.29, 1.82) is 0 Å². The number of anilines is 1. The summed E-state index contributed by atoms with van der Waals surface area (Å²) in [5, 5.41) is 3.38. The fraction of sp³-hybridized carbons (Fsp3) is 0.364. The average Bonchev–Trinajstić information content (AvgIpc) is 2.17. The summed E-state index contributed by atoms with van der Waals surface area (Å²) in [7, 11) is 0. The molecule has 0 radical (unpaired) electrons. The summed E-state index contributed by atoms with van der Waals surface area (Å²) in [4.78, 5) is 11.5. The summed E-state index contributed by atoms with van der Waals surface area (Å²) in [6.07, 6.45) is 0.333. The topological polar surface area (TPSA) is 38.3 Å². The molecule has 0 aromatic heterocycles. The third-order valence-electron chi connectivity index (χ3n) is 2.19. The number of benzene rings is 1. The molecule has 15 heavy (non-hydrogen) atoms. The van der Waals surface area contributed by atoms with E-state index in [0.29, 0.717) is 22.9 Å². The van der Waals surface area contributed by atoms with Crippen molar-refractivity contribution >= 4 is 23.2 Å². The molecule has 1 aliphatic rings. The largest absolute Gasteiger partial charge is 0.485 e. The Hall–Kier alpha value is -1.22.